The second kappa shape index (κ2) is 5.75. The van der Waals surface area contributed by atoms with E-state index >= 15 is 0 Å². The summed E-state index contributed by atoms with van der Waals surface area (Å²) in [7, 11) is 2.32. The fourth-order valence-electron chi connectivity index (χ4n) is 7.08. The highest BCUT2D eigenvalue weighted by molar-refractivity contribution is 8.13. The van der Waals surface area contributed by atoms with Crippen LogP contribution in [-0.4, -0.2) is 40.8 Å². The minimum atomic E-state index is 0.156. The van der Waals surface area contributed by atoms with Crippen LogP contribution in [0.15, 0.2) is 9.98 Å². The van der Waals surface area contributed by atoms with Crippen LogP contribution < -0.4 is 0 Å². The zero-order valence-electron chi connectivity index (χ0n) is 15.2. The van der Waals surface area contributed by atoms with Crippen LogP contribution in [-0.2, 0) is 0 Å². The number of nitrogens with zero attached hydrogens (tertiary/aromatic N) is 3. The van der Waals surface area contributed by atoms with Gasteiger partial charge in [-0.3, -0.25) is 4.99 Å². The van der Waals surface area contributed by atoms with Gasteiger partial charge in [0.25, 0.3) is 0 Å². The molecule has 0 amide bonds. The molecule has 0 unspecified atom stereocenters. The Balaban J connectivity index is 1.56. The van der Waals surface area contributed by atoms with E-state index in [0.29, 0.717) is 6.04 Å². The Hall–Kier alpha value is -0.510. The highest BCUT2D eigenvalue weighted by Crippen LogP contribution is 2.62. The van der Waals surface area contributed by atoms with Gasteiger partial charge in [-0.25, -0.2) is 4.99 Å². The van der Waals surface area contributed by atoms with E-state index in [-0.39, 0.29) is 5.54 Å². The van der Waals surface area contributed by atoms with Gasteiger partial charge < -0.3 is 4.90 Å². The highest BCUT2D eigenvalue weighted by Gasteiger charge is 2.64. The molecule has 0 aromatic carbocycles. The SMILES string of the molecule is CSC1=NC(=NC2CCCCC2)C2(C3CC4CC(C3)CC2C4)N1C. The van der Waals surface area contributed by atoms with E-state index in [4.69, 9.17) is 9.98 Å². The third kappa shape index (κ3) is 2.10. The number of amidine groups is 2. The maximum Gasteiger partial charge on any atom is 0.166 e. The molecule has 4 heteroatoms. The van der Waals surface area contributed by atoms with Crippen molar-refractivity contribution in [2.24, 2.45) is 33.7 Å². The molecule has 1 aliphatic heterocycles. The highest BCUT2D eigenvalue weighted by atomic mass is 32.2. The van der Waals surface area contributed by atoms with Gasteiger partial charge in [-0.05, 0) is 74.9 Å². The summed E-state index contributed by atoms with van der Waals surface area (Å²) >= 11 is 1.82. The minimum absolute atomic E-state index is 0.156. The van der Waals surface area contributed by atoms with Crippen molar-refractivity contribution in [3.8, 4) is 0 Å². The quantitative estimate of drug-likeness (QED) is 0.696. The van der Waals surface area contributed by atoms with Gasteiger partial charge in [-0.2, -0.15) is 0 Å². The lowest BCUT2D eigenvalue weighted by Gasteiger charge is -2.62. The molecule has 1 heterocycles. The molecule has 1 spiro atoms. The van der Waals surface area contributed by atoms with Crippen molar-refractivity contribution < 1.29 is 0 Å². The first-order valence-electron chi connectivity index (χ1n) is 10.2. The van der Waals surface area contributed by atoms with Crippen molar-refractivity contribution in [1.29, 1.82) is 0 Å². The zero-order valence-corrected chi connectivity index (χ0v) is 16.0. The molecule has 4 bridgehead atoms. The molecule has 0 atom stereocenters. The summed E-state index contributed by atoms with van der Waals surface area (Å²) in [6, 6.07) is 0.543. The summed E-state index contributed by atoms with van der Waals surface area (Å²) in [5.41, 5.74) is 0.156. The molecule has 3 nitrogen and oxygen atoms in total. The molecule has 24 heavy (non-hydrogen) atoms. The lowest BCUT2D eigenvalue weighted by molar-refractivity contribution is -0.0666. The first-order chi connectivity index (χ1) is 11.7. The number of thioether (sulfide) groups is 1. The number of hydrogen-bond donors (Lipinski definition) is 0. The molecule has 6 rings (SSSR count). The zero-order chi connectivity index (χ0) is 16.3. The number of rotatable bonds is 1. The predicted molar refractivity (Wildman–Crippen MR) is 103 cm³/mol. The van der Waals surface area contributed by atoms with Crippen molar-refractivity contribution in [3.63, 3.8) is 0 Å². The van der Waals surface area contributed by atoms with E-state index in [1.54, 1.807) is 0 Å². The van der Waals surface area contributed by atoms with E-state index in [9.17, 15) is 0 Å². The summed E-state index contributed by atoms with van der Waals surface area (Å²) in [5, 5.41) is 1.22. The van der Waals surface area contributed by atoms with Gasteiger partial charge in [0.2, 0.25) is 0 Å². The van der Waals surface area contributed by atoms with Crippen LogP contribution in [0.4, 0.5) is 0 Å². The van der Waals surface area contributed by atoms with Crippen LogP contribution in [0.2, 0.25) is 0 Å². The molecule has 5 saturated carbocycles. The molecule has 6 aliphatic rings. The van der Waals surface area contributed by atoms with E-state index in [1.165, 1.54) is 75.2 Å². The molecule has 0 radical (unpaired) electrons. The van der Waals surface area contributed by atoms with Gasteiger partial charge in [0, 0.05) is 7.05 Å². The van der Waals surface area contributed by atoms with E-state index in [0.717, 1.165) is 23.7 Å². The van der Waals surface area contributed by atoms with Gasteiger partial charge in [0.15, 0.2) is 11.0 Å². The maximum atomic E-state index is 5.36. The van der Waals surface area contributed by atoms with Gasteiger partial charge in [-0.1, -0.05) is 31.0 Å². The Labute approximate surface area is 150 Å². The summed E-state index contributed by atoms with van der Waals surface area (Å²) < 4.78 is 0. The smallest absolute Gasteiger partial charge is 0.166 e. The standard InChI is InChI=1S/C20H31N3S/c1-23-19(24-2)22-18(21-17-6-4-3-5-7-17)20(23)15-9-13-8-14(11-15)12-16(20)10-13/h13-17H,3-12H2,1-2H3. The molecule has 0 saturated heterocycles. The Morgan fingerprint density at radius 2 is 1.62 bits per heavy atom. The van der Waals surface area contributed by atoms with Gasteiger partial charge in [0.1, 0.15) is 5.54 Å². The van der Waals surface area contributed by atoms with Gasteiger partial charge in [-0.15, -0.1) is 0 Å². The van der Waals surface area contributed by atoms with Crippen molar-refractivity contribution >= 4 is 22.8 Å². The molecule has 0 aromatic heterocycles. The Bertz CT molecular complexity index is 547. The largest absolute Gasteiger partial charge is 0.341 e. The molecular formula is C20H31N3S. The normalized spacial score (nSPS) is 46.3. The lowest BCUT2D eigenvalue weighted by Crippen LogP contribution is -2.67. The molecule has 0 aromatic rings. The van der Waals surface area contributed by atoms with Gasteiger partial charge in [0.05, 0.1) is 6.04 Å². The van der Waals surface area contributed by atoms with E-state index in [2.05, 4.69) is 18.2 Å². The molecule has 5 aliphatic carbocycles. The van der Waals surface area contributed by atoms with E-state index in [1.807, 2.05) is 11.8 Å². The van der Waals surface area contributed by atoms with Crippen LogP contribution in [0.5, 0.6) is 0 Å². The molecule has 0 N–H and O–H groups in total. The summed E-state index contributed by atoms with van der Waals surface area (Å²) in [4.78, 5) is 13.1. The van der Waals surface area contributed by atoms with Crippen LogP contribution in [0.3, 0.4) is 0 Å². The maximum absolute atomic E-state index is 5.36. The number of likely N-dealkylation sites (N-methyl/N-ethyl adjacent to an activating group) is 1. The van der Waals surface area contributed by atoms with Crippen LogP contribution >= 0.6 is 11.8 Å². The second-order valence-electron chi connectivity index (χ2n) is 9.03. The molecular weight excluding hydrogens is 314 g/mol. The number of hydrogen-bond acceptors (Lipinski definition) is 3. The third-order valence-electron chi connectivity index (χ3n) is 7.85. The Kier molecular flexibility index (Phi) is 3.77. The van der Waals surface area contributed by atoms with Crippen LogP contribution in [0, 0.1) is 23.7 Å². The first-order valence-corrected chi connectivity index (χ1v) is 11.4. The third-order valence-corrected chi connectivity index (χ3v) is 8.58. The second-order valence-corrected chi connectivity index (χ2v) is 9.81. The topological polar surface area (TPSA) is 28.0 Å². The molecule has 5 fully saturated rings. The van der Waals surface area contributed by atoms with Crippen molar-refractivity contribution in [1.82, 2.24) is 4.90 Å². The average Bonchev–Trinajstić information content (AvgIpc) is 2.86. The predicted octanol–water partition coefficient (Wildman–Crippen LogP) is 4.58. The van der Waals surface area contributed by atoms with Crippen molar-refractivity contribution in [2.45, 2.75) is 75.8 Å². The Morgan fingerprint density at radius 3 is 2.21 bits per heavy atom. The average molecular weight is 346 g/mol. The summed E-state index contributed by atoms with van der Waals surface area (Å²) in [5.74, 6) is 4.85. The summed E-state index contributed by atoms with van der Waals surface area (Å²) in [6.45, 7) is 0. The first kappa shape index (κ1) is 15.7. The van der Waals surface area contributed by atoms with Crippen LogP contribution in [0.25, 0.3) is 0 Å². The fourth-order valence-corrected chi connectivity index (χ4v) is 7.68. The van der Waals surface area contributed by atoms with Crippen molar-refractivity contribution in [3.05, 3.63) is 0 Å². The van der Waals surface area contributed by atoms with Crippen LogP contribution in [0.1, 0.15) is 64.2 Å². The number of aliphatic imine (C=N–C) groups is 2. The Morgan fingerprint density at radius 1 is 1.00 bits per heavy atom. The lowest BCUT2D eigenvalue weighted by atomic mass is 9.48. The molecule has 132 valence electrons. The monoisotopic (exact) mass is 345 g/mol. The fraction of sp³-hybridized carbons (Fsp3) is 0.900. The van der Waals surface area contributed by atoms with E-state index < -0.39 is 0 Å². The van der Waals surface area contributed by atoms with Crippen molar-refractivity contribution in [2.75, 3.05) is 13.3 Å². The minimum Gasteiger partial charge on any atom is -0.341 e. The van der Waals surface area contributed by atoms with Gasteiger partial charge >= 0.3 is 0 Å². The summed E-state index contributed by atoms with van der Waals surface area (Å²) in [6.07, 6.45) is 16.1.